The van der Waals surface area contributed by atoms with E-state index in [0.717, 1.165) is 12.0 Å². The zero-order valence-electron chi connectivity index (χ0n) is 20.4. The minimum absolute atomic E-state index is 0.107. The molecule has 0 bridgehead atoms. The largest absolute Gasteiger partial charge is 0.445 e. The Morgan fingerprint density at radius 1 is 1.03 bits per heavy atom. The van der Waals surface area contributed by atoms with Crippen molar-refractivity contribution < 1.29 is 23.9 Å². The van der Waals surface area contributed by atoms with E-state index < -0.39 is 23.9 Å². The van der Waals surface area contributed by atoms with E-state index in [1.165, 1.54) is 4.90 Å². The number of nitrogens with one attached hydrogen (secondary N) is 2. The van der Waals surface area contributed by atoms with Crippen LogP contribution in [0.2, 0.25) is 0 Å². The first-order valence-corrected chi connectivity index (χ1v) is 11.9. The van der Waals surface area contributed by atoms with Crippen molar-refractivity contribution >= 4 is 23.8 Å². The van der Waals surface area contributed by atoms with Gasteiger partial charge >= 0.3 is 6.09 Å². The molecule has 0 aromatic heterocycles. The molecule has 0 fully saturated rings. The molecule has 0 aliphatic heterocycles. The second kappa shape index (κ2) is 18.5. The van der Waals surface area contributed by atoms with E-state index in [-0.39, 0.29) is 38.4 Å². The highest BCUT2D eigenvalue weighted by molar-refractivity contribution is 5.87. The van der Waals surface area contributed by atoms with Crippen molar-refractivity contribution in [2.75, 3.05) is 32.7 Å². The lowest BCUT2D eigenvalue weighted by atomic mass is 10.2. The van der Waals surface area contributed by atoms with Crippen molar-refractivity contribution in [2.24, 2.45) is 16.6 Å². The Morgan fingerprint density at radius 3 is 2.39 bits per heavy atom. The molecule has 0 heterocycles. The van der Waals surface area contributed by atoms with Crippen LogP contribution >= 0.6 is 0 Å². The van der Waals surface area contributed by atoms with Crippen molar-refractivity contribution in [3.8, 4) is 0 Å². The molecule has 4 amide bonds. The highest BCUT2D eigenvalue weighted by Gasteiger charge is 2.17. The van der Waals surface area contributed by atoms with Gasteiger partial charge in [0.25, 0.3) is 0 Å². The SMILES string of the molecule is [N-]=[N+]=NCCCN(CCC(=O)NCCCCCNC(=O)[C@@H](N)CC(N)=O)C(=O)OCc1ccccc1. The number of nitrogens with zero attached hydrogens (tertiary/aromatic N) is 4. The van der Waals surface area contributed by atoms with E-state index >= 15 is 0 Å². The van der Waals surface area contributed by atoms with Crippen LogP contribution < -0.4 is 22.1 Å². The van der Waals surface area contributed by atoms with Crippen LogP contribution in [-0.4, -0.2) is 67.5 Å². The first kappa shape index (κ1) is 30.2. The molecule has 1 aromatic carbocycles. The molecule has 0 saturated carbocycles. The molecular formula is C23H36N8O5. The average Bonchev–Trinajstić information content (AvgIpc) is 2.86. The molecule has 0 spiro atoms. The predicted octanol–water partition coefficient (Wildman–Crippen LogP) is 1.32. The van der Waals surface area contributed by atoms with E-state index in [1.807, 2.05) is 30.3 Å². The van der Waals surface area contributed by atoms with Gasteiger partial charge in [-0.15, -0.1) is 0 Å². The summed E-state index contributed by atoms with van der Waals surface area (Å²) >= 11 is 0. The number of benzene rings is 1. The zero-order chi connectivity index (χ0) is 26.6. The lowest BCUT2D eigenvalue weighted by Gasteiger charge is -2.21. The second-order valence-electron chi connectivity index (χ2n) is 8.06. The zero-order valence-corrected chi connectivity index (χ0v) is 20.4. The topological polar surface area (TPSA) is 206 Å². The molecular weight excluding hydrogens is 468 g/mol. The molecule has 0 unspecified atom stereocenters. The molecule has 0 saturated heterocycles. The Kier molecular flexibility index (Phi) is 15.5. The van der Waals surface area contributed by atoms with Crippen molar-refractivity contribution in [1.82, 2.24) is 15.5 Å². The predicted molar refractivity (Wildman–Crippen MR) is 133 cm³/mol. The van der Waals surface area contributed by atoms with E-state index in [2.05, 4.69) is 20.7 Å². The van der Waals surface area contributed by atoms with Crippen LogP contribution in [0, 0.1) is 0 Å². The summed E-state index contributed by atoms with van der Waals surface area (Å²) < 4.78 is 5.36. The maximum absolute atomic E-state index is 12.5. The molecule has 1 aromatic rings. The smallest absolute Gasteiger partial charge is 0.410 e. The van der Waals surface area contributed by atoms with E-state index in [1.54, 1.807) is 0 Å². The summed E-state index contributed by atoms with van der Waals surface area (Å²) in [7, 11) is 0. The lowest BCUT2D eigenvalue weighted by molar-refractivity contribution is -0.126. The number of ether oxygens (including phenoxy) is 1. The third-order valence-corrected chi connectivity index (χ3v) is 5.05. The van der Waals surface area contributed by atoms with Crippen molar-refractivity contribution in [2.45, 2.75) is 51.2 Å². The molecule has 1 rings (SSSR count). The summed E-state index contributed by atoms with van der Waals surface area (Å²) in [5, 5.41) is 8.92. The fraction of sp³-hybridized carbons (Fsp3) is 0.565. The molecule has 13 heteroatoms. The monoisotopic (exact) mass is 504 g/mol. The van der Waals surface area contributed by atoms with Crippen LogP contribution in [-0.2, 0) is 25.7 Å². The molecule has 6 N–H and O–H groups in total. The number of carbonyl (C=O) groups is 4. The third-order valence-electron chi connectivity index (χ3n) is 5.05. The number of hydrogen-bond acceptors (Lipinski definition) is 7. The maximum Gasteiger partial charge on any atom is 0.410 e. The maximum atomic E-state index is 12.5. The normalized spacial score (nSPS) is 11.0. The minimum atomic E-state index is -0.948. The van der Waals surface area contributed by atoms with Gasteiger partial charge in [0.05, 0.1) is 12.5 Å². The van der Waals surface area contributed by atoms with Crippen LogP contribution in [0.1, 0.15) is 44.1 Å². The van der Waals surface area contributed by atoms with E-state index in [4.69, 9.17) is 21.7 Å². The van der Waals surface area contributed by atoms with Crippen molar-refractivity contribution in [3.63, 3.8) is 0 Å². The lowest BCUT2D eigenvalue weighted by Crippen LogP contribution is -2.43. The number of amides is 4. The van der Waals surface area contributed by atoms with Crippen LogP contribution in [0.25, 0.3) is 10.4 Å². The van der Waals surface area contributed by atoms with E-state index in [0.29, 0.717) is 38.9 Å². The average molecular weight is 505 g/mol. The first-order chi connectivity index (χ1) is 17.3. The van der Waals surface area contributed by atoms with Gasteiger partial charge in [-0.3, -0.25) is 14.4 Å². The summed E-state index contributed by atoms with van der Waals surface area (Å²) in [6.45, 7) is 1.71. The molecule has 36 heavy (non-hydrogen) atoms. The van der Waals surface area contributed by atoms with Crippen LogP contribution in [0.4, 0.5) is 4.79 Å². The second-order valence-corrected chi connectivity index (χ2v) is 8.06. The van der Waals surface area contributed by atoms with Gasteiger partial charge in [0.2, 0.25) is 17.7 Å². The van der Waals surface area contributed by atoms with Gasteiger partial charge in [-0.05, 0) is 36.8 Å². The van der Waals surface area contributed by atoms with Crippen molar-refractivity contribution in [1.29, 1.82) is 0 Å². The summed E-state index contributed by atoms with van der Waals surface area (Å²) in [5.41, 5.74) is 19.8. The number of hydrogen-bond donors (Lipinski definition) is 4. The summed E-state index contributed by atoms with van der Waals surface area (Å²) in [6.07, 6.45) is 1.99. The Bertz CT molecular complexity index is 877. The van der Waals surface area contributed by atoms with Gasteiger partial charge in [-0.25, -0.2) is 4.79 Å². The van der Waals surface area contributed by atoms with Gasteiger partial charge in [-0.2, -0.15) is 0 Å². The number of carbonyl (C=O) groups excluding carboxylic acids is 4. The number of rotatable bonds is 18. The molecule has 198 valence electrons. The number of primary amides is 1. The molecule has 13 nitrogen and oxygen atoms in total. The molecule has 1 atom stereocenters. The fourth-order valence-electron chi connectivity index (χ4n) is 3.11. The Balaban J connectivity index is 2.28. The van der Waals surface area contributed by atoms with E-state index in [9.17, 15) is 19.2 Å². The first-order valence-electron chi connectivity index (χ1n) is 11.9. The summed E-state index contributed by atoms with van der Waals surface area (Å²) in [6, 6.07) is 8.32. The number of unbranched alkanes of at least 4 members (excludes halogenated alkanes) is 2. The summed E-state index contributed by atoms with van der Waals surface area (Å²) in [4.78, 5) is 51.3. The highest BCUT2D eigenvalue weighted by Crippen LogP contribution is 2.05. The summed E-state index contributed by atoms with van der Waals surface area (Å²) in [5.74, 6) is -1.25. The quantitative estimate of drug-likeness (QED) is 0.100. The van der Waals surface area contributed by atoms with Gasteiger partial charge in [-0.1, -0.05) is 35.4 Å². The Hall–Kier alpha value is -3.83. The molecule has 0 aliphatic carbocycles. The fourth-order valence-corrected chi connectivity index (χ4v) is 3.11. The van der Waals surface area contributed by atoms with Gasteiger partial charge < -0.3 is 31.7 Å². The Labute approximate surface area is 210 Å². The highest BCUT2D eigenvalue weighted by atomic mass is 16.6. The van der Waals surface area contributed by atoms with Crippen LogP contribution in [0.5, 0.6) is 0 Å². The van der Waals surface area contributed by atoms with Crippen LogP contribution in [0.3, 0.4) is 0 Å². The van der Waals surface area contributed by atoms with Gasteiger partial charge in [0.15, 0.2) is 0 Å². The molecule has 0 aliphatic rings. The van der Waals surface area contributed by atoms with Gasteiger partial charge in [0, 0.05) is 44.1 Å². The Morgan fingerprint density at radius 2 is 1.72 bits per heavy atom. The number of nitrogens with two attached hydrogens (primary N) is 2. The van der Waals surface area contributed by atoms with Gasteiger partial charge in [0.1, 0.15) is 6.61 Å². The van der Waals surface area contributed by atoms with Crippen molar-refractivity contribution in [3.05, 3.63) is 46.3 Å². The minimum Gasteiger partial charge on any atom is -0.445 e. The van der Waals surface area contributed by atoms with Crippen LogP contribution in [0.15, 0.2) is 35.4 Å². The molecule has 0 radical (unpaired) electrons. The third kappa shape index (κ3) is 14.4. The standard InChI is InChI=1S/C23H36N8O5/c24-19(16-20(25)32)22(34)28-12-6-2-5-11-27-21(33)10-15-31(14-7-13-29-30-26)23(35)36-17-18-8-3-1-4-9-18/h1,3-4,8-9,19H,2,5-7,10-17,24H2,(H2,25,32)(H,27,33)(H,28,34)/t19-/m0/s1. The number of azide groups is 1.